The van der Waals surface area contributed by atoms with Crippen LogP contribution in [0.1, 0.15) is 21.5 Å². The quantitative estimate of drug-likeness (QED) is 0.928. The Labute approximate surface area is 119 Å². The fraction of sp³-hybridized carbons (Fsp3) is 0.250. The molecule has 20 heavy (non-hydrogen) atoms. The SMILES string of the molecule is CNc1cc(C(=O)N(C)Cc2cccc(C)c2)ccn1. The summed E-state index contributed by atoms with van der Waals surface area (Å²) in [6.07, 6.45) is 1.64. The Balaban J connectivity index is 2.12. The fourth-order valence-electron chi connectivity index (χ4n) is 2.08. The highest BCUT2D eigenvalue weighted by molar-refractivity contribution is 5.94. The van der Waals surface area contributed by atoms with Crippen molar-refractivity contribution in [1.82, 2.24) is 9.88 Å². The summed E-state index contributed by atoms with van der Waals surface area (Å²) < 4.78 is 0. The van der Waals surface area contributed by atoms with Gasteiger partial charge in [-0.3, -0.25) is 4.79 Å². The molecule has 4 nitrogen and oxygen atoms in total. The molecular formula is C16H19N3O. The van der Waals surface area contributed by atoms with Crippen LogP contribution in [0.4, 0.5) is 5.82 Å². The van der Waals surface area contributed by atoms with E-state index in [4.69, 9.17) is 0 Å². The van der Waals surface area contributed by atoms with E-state index in [2.05, 4.69) is 16.4 Å². The van der Waals surface area contributed by atoms with E-state index in [1.54, 1.807) is 30.3 Å². The van der Waals surface area contributed by atoms with Crippen molar-refractivity contribution in [2.45, 2.75) is 13.5 Å². The maximum atomic E-state index is 12.4. The van der Waals surface area contributed by atoms with E-state index >= 15 is 0 Å². The predicted octanol–water partition coefficient (Wildman–Crippen LogP) is 2.70. The van der Waals surface area contributed by atoms with Gasteiger partial charge in [0.2, 0.25) is 0 Å². The van der Waals surface area contributed by atoms with Gasteiger partial charge in [-0.05, 0) is 24.6 Å². The van der Waals surface area contributed by atoms with Crippen LogP contribution in [0.3, 0.4) is 0 Å². The monoisotopic (exact) mass is 269 g/mol. The van der Waals surface area contributed by atoms with Crippen molar-refractivity contribution in [2.24, 2.45) is 0 Å². The lowest BCUT2D eigenvalue weighted by Gasteiger charge is -2.18. The highest BCUT2D eigenvalue weighted by Crippen LogP contribution is 2.12. The molecule has 1 aromatic heterocycles. The molecule has 0 fully saturated rings. The average molecular weight is 269 g/mol. The molecule has 4 heteroatoms. The summed E-state index contributed by atoms with van der Waals surface area (Å²) in [5.41, 5.74) is 2.97. The Kier molecular flexibility index (Phi) is 4.35. The van der Waals surface area contributed by atoms with Gasteiger partial charge in [0.25, 0.3) is 5.91 Å². The first kappa shape index (κ1) is 14.1. The highest BCUT2D eigenvalue weighted by atomic mass is 16.2. The lowest BCUT2D eigenvalue weighted by atomic mass is 10.1. The number of aryl methyl sites for hydroxylation is 1. The van der Waals surface area contributed by atoms with Gasteiger partial charge in [0.15, 0.2) is 0 Å². The van der Waals surface area contributed by atoms with E-state index in [1.165, 1.54) is 5.56 Å². The molecule has 1 N–H and O–H groups in total. The summed E-state index contributed by atoms with van der Waals surface area (Å²) in [6.45, 7) is 2.64. The van der Waals surface area contributed by atoms with Crippen molar-refractivity contribution in [1.29, 1.82) is 0 Å². The zero-order valence-corrected chi connectivity index (χ0v) is 12.1. The second-order valence-electron chi connectivity index (χ2n) is 4.83. The summed E-state index contributed by atoms with van der Waals surface area (Å²) in [4.78, 5) is 18.2. The zero-order chi connectivity index (χ0) is 14.5. The summed E-state index contributed by atoms with van der Waals surface area (Å²) in [6, 6.07) is 11.7. The number of pyridine rings is 1. The summed E-state index contributed by atoms with van der Waals surface area (Å²) in [5, 5.41) is 2.94. The van der Waals surface area contributed by atoms with Crippen LogP contribution >= 0.6 is 0 Å². The molecule has 0 atom stereocenters. The number of anilines is 1. The Hall–Kier alpha value is -2.36. The maximum Gasteiger partial charge on any atom is 0.254 e. The third-order valence-corrected chi connectivity index (χ3v) is 3.11. The standard InChI is InChI=1S/C16H19N3O/c1-12-5-4-6-13(9-12)11-19(3)16(20)14-7-8-18-15(10-14)17-2/h4-10H,11H2,1-3H3,(H,17,18). The molecule has 0 spiro atoms. The molecule has 0 aliphatic heterocycles. The van der Waals surface area contributed by atoms with Gasteiger partial charge in [-0.2, -0.15) is 0 Å². The summed E-state index contributed by atoms with van der Waals surface area (Å²) >= 11 is 0. The second kappa shape index (κ2) is 6.19. The minimum Gasteiger partial charge on any atom is -0.373 e. The van der Waals surface area contributed by atoms with Crippen molar-refractivity contribution in [3.63, 3.8) is 0 Å². The van der Waals surface area contributed by atoms with Gasteiger partial charge in [0, 0.05) is 32.4 Å². The molecule has 1 amide bonds. The lowest BCUT2D eigenvalue weighted by Crippen LogP contribution is -2.26. The molecule has 104 valence electrons. The first-order valence-corrected chi connectivity index (χ1v) is 6.55. The first-order chi connectivity index (χ1) is 9.60. The number of carbonyl (C=O) groups excluding carboxylic acids is 1. The molecule has 2 rings (SSSR count). The molecular weight excluding hydrogens is 250 g/mol. The van der Waals surface area contributed by atoms with E-state index in [1.807, 2.05) is 32.2 Å². The Morgan fingerprint density at radius 3 is 2.80 bits per heavy atom. The summed E-state index contributed by atoms with van der Waals surface area (Å²) in [7, 11) is 3.59. The van der Waals surface area contributed by atoms with Crippen LogP contribution in [0, 0.1) is 6.92 Å². The number of aromatic nitrogens is 1. The lowest BCUT2D eigenvalue weighted by molar-refractivity contribution is 0.0785. The minimum absolute atomic E-state index is 0.00888. The third-order valence-electron chi connectivity index (χ3n) is 3.11. The Bertz CT molecular complexity index is 610. The molecule has 0 radical (unpaired) electrons. The van der Waals surface area contributed by atoms with Crippen LogP contribution in [-0.2, 0) is 6.54 Å². The van der Waals surface area contributed by atoms with Gasteiger partial charge in [0.1, 0.15) is 5.82 Å². The van der Waals surface area contributed by atoms with E-state index < -0.39 is 0 Å². The molecule has 1 aromatic carbocycles. The van der Waals surface area contributed by atoms with E-state index in [0.717, 1.165) is 5.56 Å². The van der Waals surface area contributed by atoms with Crippen LogP contribution in [0.15, 0.2) is 42.6 Å². The molecule has 1 heterocycles. The van der Waals surface area contributed by atoms with Crippen molar-refractivity contribution >= 4 is 11.7 Å². The van der Waals surface area contributed by atoms with Gasteiger partial charge >= 0.3 is 0 Å². The summed E-state index contributed by atoms with van der Waals surface area (Å²) in [5.74, 6) is 0.685. The number of hydrogen-bond donors (Lipinski definition) is 1. The number of nitrogens with one attached hydrogen (secondary N) is 1. The minimum atomic E-state index is -0.00888. The molecule has 0 unspecified atom stereocenters. The molecule has 0 saturated heterocycles. The molecule has 0 aliphatic rings. The van der Waals surface area contributed by atoms with E-state index in [-0.39, 0.29) is 5.91 Å². The molecule has 2 aromatic rings. The van der Waals surface area contributed by atoms with E-state index in [9.17, 15) is 4.79 Å². The molecule has 0 saturated carbocycles. The third kappa shape index (κ3) is 3.35. The van der Waals surface area contributed by atoms with Crippen molar-refractivity contribution in [2.75, 3.05) is 19.4 Å². The van der Waals surface area contributed by atoms with Crippen LogP contribution in [0.25, 0.3) is 0 Å². The second-order valence-corrected chi connectivity index (χ2v) is 4.83. The number of nitrogens with zero attached hydrogens (tertiary/aromatic N) is 2. The number of amides is 1. The Morgan fingerprint density at radius 1 is 1.30 bits per heavy atom. The van der Waals surface area contributed by atoms with Gasteiger partial charge in [-0.25, -0.2) is 4.98 Å². The van der Waals surface area contributed by atoms with Crippen LogP contribution in [0.2, 0.25) is 0 Å². The van der Waals surface area contributed by atoms with Gasteiger partial charge < -0.3 is 10.2 Å². The average Bonchev–Trinajstić information content (AvgIpc) is 2.46. The predicted molar refractivity (Wildman–Crippen MR) is 80.8 cm³/mol. The van der Waals surface area contributed by atoms with Gasteiger partial charge in [-0.1, -0.05) is 29.8 Å². The number of benzene rings is 1. The fourth-order valence-corrected chi connectivity index (χ4v) is 2.08. The van der Waals surface area contributed by atoms with Crippen LogP contribution < -0.4 is 5.32 Å². The topological polar surface area (TPSA) is 45.2 Å². The first-order valence-electron chi connectivity index (χ1n) is 6.55. The zero-order valence-electron chi connectivity index (χ0n) is 12.1. The van der Waals surface area contributed by atoms with Crippen molar-refractivity contribution in [3.8, 4) is 0 Å². The maximum absolute atomic E-state index is 12.4. The number of rotatable bonds is 4. The molecule has 0 bridgehead atoms. The van der Waals surface area contributed by atoms with Crippen LogP contribution in [0.5, 0.6) is 0 Å². The normalized spacial score (nSPS) is 10.2. The Morgan fingerprint density at radius 2 is 2.10 bits per heavy atom. The van der Waals surface area contributed by atoms with Crippen molar-refractivity contribution < 1.29 is 4.79 Å². The van der Waals surface area contributed by atoms with Gasteiger partial charge in [-0.15, -0.1) is 0 Å². The molecule has 0 aliphatic carbocycles. The largest absolute Gasteiger partial charge is 0.373 e. The van der Waals surface area contributed by atoms with E-state index in [0.29, 0.717) is 17.9 Å². The van der Waals surface area contributed by atoms with Gasteiger partial charge in [0.05, 0.1) is 0 Å². The smallest absolute Gasteiger partial charge is 0.254 e. The number of hydrogen-bond acceptors (Lipinski definition) is 3. The van der Waals surface area contributed by atoms with Crippen molar-refractivity contribution in [3.05, 3.63) is 59.3 Å². The highest BCUT2D eigenvalue weighted by Gasteiger charge is 2.12. The van der Waals surface area contributed by atoms with Crippen LogP contribution in [-0.4, -0.2) is 29.9 Å². The number of carbonyl (C=O) groups is 1.